The van der Waals surface area contributed by atoms with Gasteiger partial charge in [-0.2, -0.15) is 0 Å². The summed E-state index contributed by atoms with van der Waals surface area (Å²) in [6.07, 6.45) is 1.25. The molecule has 0 bridgehead atoms. The van der Waals surface area contributed by atoms with Gasteiger partial charge >= 0.3 is 0 Å². The van der Waals surface area contributed by atoms with Crippen molar-refractivity contribution in [2.45, 2.75) is 13.8 Å². The van der Waals surface area contributed by atoms with Crippen molar-refractivity contribution < 1.29 is 17.9 Å². The lowest BCUT2D eigenvalue weighted by Crippen LogP contribution is -2.22. The first-order chi connectivity index (χ1) is 12.9. The fraction of sp³-hybridized carbons (Fsp3) is 0.182. The molecule has 2 nitrogen and oxygen atoms in total. The van der Waals surface area contributed by atoms with Gasteiger partial charge in [-0.25, -0.2) is 13.2 Å². The highest BCUT2D eigenvalue weighted by molar-refractivity contribution is 5.97. The van der Waals surface area contributed by atoms with E-state index in [2.05, 4.69) is 6.58 Å². The summed E-state index contributed by atoms with van der Waals surface area (Å²) in [7, 11) is 2.85. The number of methoxy groups -OCH3 is 1. The zero-order valence-electron chi connectivity index (χ0n) is 15.8. The largest absolute Gasteiger partial charge is 0.497 e. The van der Waals surface area contributed by atoms with Crippen molar-refractivity contribution in [3.05, 3.63) is 89.4 Å². The molecule has 1 aliphatic rings. The number of rotatable bonds is 3. The lowest BCUT2D eigenvalue weighted by atomic mass is 9.94. The highest BCUT2D eigenvalue weighted by Crippen LogP contribution is 2.41. The Kier molecular flexibility index (Phi) is 6.50. The number of allylic oxidation sites excluding steroid dienone is 3. The molecule has 0 spiro atoms. The van der Waals surface area contributed by atoms with Gasteiger partial charge in [0.15, 0.2) is 0 Å². The topological polar surface area (TPSA) is 12.5 Å². The lowest BCUT2D eigenvalue weighted by molar-refractivity contribution is 0.405. The monoisotopic (exact) mass is 373 g/mol. The van der Waals surface area contributed by atoms with Crippen LogP contribution in [0, 0.1) is 11.6 Å². The third kappa shape index (κ3) is 3.92. The van der Waals surface area contributed by atoms with Crippen LogP contribution in [0.1, 0.15) is 25.0 Å². The maximum absolute atomic E-state index is 14.6. The molecule has 2 aromatic rings. The van der Waals surface area contributed by atoms with E-state index in [9.17, 15) is 13.2 Å². The Hall–Kier alpha value is -2.95. The van der Waals surface area contributed by atoms with Gasteiger partial charge in [0.25, 0.3) is 0 Å². The van der Waals surface area contributed by atoms with E-state index < -0.39 is 17.5 Å². The van der Waals surface area contributed by atoms with Crippen molar-refractivity contribution in [2.24, 2.45) is 0 Å². The first-order valence-corrected chi connectivity index (χ1v) is 8.57. The maximum Gasteiger partial charge on any atom is 0.146 e. The Morgan fingerprint density at radius 2 is 1.52 bits per heavy atom. The molecule has 0 aromatic heterocycles. The number of benzene rings is 2. The molecule has 27 heavy (non-hydrogen) atoms. The minimum atomic E-state index is -0.796. The average Bonchev–Trinajstić information content (AvgIpc) is 2.69. The smallest absolute Gasteiger partial charge is 0.146 e. The summed E-state index contributed by atoms with van der Waals surface area (Å²) in [5.41, 5.74) is 0.990. The number of ether oxygens (including phenoxy) is 1. The van der Waals surface area contributed by atoms with Crippen LogP contribution >= 0.6 is 0 Å². The zero-order valence-corrected chi connectivity index (χ0v) is 15.8. The number of hydrogen-bond donors (Lipinski definition) is 0. The summed E-state index contributed by atoms with van der Waals surface area (Å²) in [5.74, 6) is -2.08. The molecule has 2 aromatic carbocycles. The van der Waals surface area contributed by atoms with Crippen LogP contribution in [0.4, 0.5) is 13.2 Å². The van der Waals surface area contributed by atoms with Crippen LogP contribution < -0.4 is 4.74 Å². The quantitative estimate of drug-likeness (QED) is 0.637. The summed E-state index contributed by atoms with van der Waals surface area (Å²) in [4.78, 5) is 1.35. The van der Waals surface area contributed by atoms with Crippen molar-refractivity contribution in [3.63, 3.8) is 0 Å². The first-order valence-electron chi connectivity index (χ1n) is 8.57. The summed E-state index contributed by atoms with van der Waals surface area (Å²) >= 11 is 0. The number of halogens is 3. The van der Waals surface area contributed by atoms with Crippen molar-refractivity contribution >= 4 is 11.3 Å². The second-order valence-electron chi connectivity index (χ2n) is 5.59. The fourth-order valence-electron chi connectivity index (χ4n) is 2.79. The van der Waals surface area contributed by atoms with E-state index in [0.29, 0.717) is 11.1 Å². The molecule has 0 N–H and O–H groups in total. The van der Waals surface area contributed by atoms with Crippen LogP contribution in [0.25, 0.3) is 11.3 Å². The van der Waals surface area contributed by atoms with Crippen molar-refractivity contribution in [3.8, 4) is 5.75 Å². The molecule has 5 heteroatoms. The molecule has 0 saturated heterocycles. The minimum Gasteiger partial charge on any atom is -0.497 e. The highest BCUT2D eigenvalue weighted by Gasteiger charge is 2.28. The Balaban J connectivity index is 0.00000126. The molecular weight excluding hydrogens is 351 g/mol. The molecule has 3 rings (SSSR count). The van der Waals surface area contributed by atoms with Gasteiger partial charge in [-0.1, -0.05) is 50.8 Å². The molecule has 0 unspecified atom stereocenters. The van der Waals surface area contributed by atoms with Gasteiger partial charge in [-0.15, -0.1) is 0 Å². The molecule has 0 radical (unpaired) electrons. The van der Waals surface area contributed by atoms with E-state index in [0.717, 1.165) is 12.1 Å². The van der Waals surface area contributed by atoms with Crippen LogP contribution in [0.15, 0.2) is 66.6 Å². The number of hydrogen-bond acceptors (Lipinski definition) is 2. The van der Waals surface area contributed by atoms with E-state index in [1.54, 1.807) is 24.3 Å². The zero-order chi connectivity index (χ0) is 20.1. The predicted octanol–water partition coefficient (Wildman–Crippen LogP) is 6.18. The number of nitrogens with zero attached hydrogens (tertiary/aromatic N) is 1. The molecule has 1 heterocycles. The van der Waals surface area contributed by atoms with Crippen molar-refractivity contribution in [1.82, 2.24) is 4.90 Å². The van der Waals surface area contributed by atoms with E-state index in [-0.39, 0.29) is 22.7 Å². The van der Waals surface area contributed by atoms with Crippen LogP contribution in [0.5, 0.6) is 5.75 Å². The van der Waals surface area contributed by atoms with Gasteiger partial charge in [0.1, 0.15) is 23.2 Å². The molecule has 0 amide bonds. The third-order valence-corrected chi connectivity index (χ3v) is 4.12. The summed E-state index contributed by atoms with van der Waals surface area (Å²) in [6.45, 7) is 7.65. The van der Waals surface area contributed by atoms with Crippen LogP contribution in [-0.2, 0) is 0 Å². The molecule has 1 aliphatic heterocycles. The van der Waals surface area contributed by atoms with Crippen molar-refractivity contribution in [2.75, 3.05) is 14.2 Å². The third-order valence-electron chi connectivity index (χ3n) is 4.12. The molecule has 142 valence electrons. The second-order valence-corrected chi connectivity index (χ2v) is 5.59. The van der Waals surface area contributed by atoms with Gasteiger partial charge in [-0.05, 0) is 11.6 Å². The molecule has 0 fully saturated rings. The Bertz CT molecular complexity index is 878. The maximum atomic E-state index is 14.6. The van der Waals surface area contributed by atoms with E-state index >= 15 is 0 Å². The van der Waals surface area contributed by atoms with Crippen molar-refractivity contribution in [1.29, 1.82) is 0 Å². The second kappa shape index (κ2) is 8.62. The summed E-state index contributed by atoms with van der Waals surface area (Å²) in [5, 5.41) is 0. The van der Waals surface area contributed by atoms with E-state index in [1.165, 1.54) is 25.1 Å². The Labute approximate surface area is 157 Å². The minimum absolute atomic E-state index is 0.0318. The summed E-state index contributed by atoms with van der Waals surface area (Å²) in [6, 6.07) is 11.1. The first kappa shape index (κ1) is 20.4. The molecule has 0 aliphatic carbocycles. The fourth-order valence-corrected chi connectivity index (χ4v) is 2.79. The lowest BCUT2D eigenvalue weighted by Gasteiger charge is -2.30. The van der Waals surface area contributed by atoms with Gasteiger partial charge in [0.05, 0.1) is 24.1 Å². The summed E-state index contributed by atoms with van der Waals surface area (Å²) < 4.78 is 48.4. The van der Waals surface area contributed by atoms with E-state index in [4.69, 9.17) is 4.74 Å². The Morgan fingerprint density at radius 3 is 2.04 bits per heavy atom. The predicted molar refractivity (Wildman–Crippen MR) is 104 cm³/mol. The molecular formula is C22H22F3NO. The van der Waals surface area contributed by atoms with Gasteiger partial charge in [0, 0.05) is 24.8 Å². The van der Waals surface area contributed by atoms with Crippen LogP contribution in [-0.4, -0.2) is 19.1 Å². The van der Waals surface area contributed by atoms with Gasteiger partial charge in [0.2, 0.25) is 0 Å². The number of likely N-dealkylation sites (N-methyl/N-ethyl adjacent to an activating group) is 1. The molecule has 0 atom stereocenters. The SMILES string of the molecule is C=C1C(F)=CC(c2ccccc2)=C(c2c(F)cc(OC)cc2F)N1C.CC. The van der Waals surface area contributed by atoms with Gasteiger partial charge < -0.3 is 9.64 Å². The standard InChI is InChI=1S/C20H16F3NO.C2H6/c1-12-16(21)11-15(13-7-5-4-6-8-13)20(24(12)2)19-17(22)9-14(25-3)10-18(19)23;1-2/h4-11H,1H2,2-3H3;1-2H3. The Morgan fingerprint density at radius 1 is 0.963 bits per heavy atom. The normalized spacial score (nSPS) is 13.8. The van der Waals surface area contributed by atoms with E-state index in [1.807, 2.05) is 19.9 Å². The van der Waals surface area contributed by atoms with Crippen LogP contribution in [0.3, 0.4) is 0 Å². The molecule has 0 saturated carbocycles. The average molecular weight is 373 g/mol. The van der Waals surface area contributed by atoms with Gasteiger partial charge in [-0.3, -0.25) is 0 Å². The van der Waals surface area contributed by atoms with Crippen LogP contribution in [0.2, 0.25) is 0 Å². The highest BCUT2D eigenvalue weighted by atomic mass is 19.1.